The van der Waals surface area contributed by atoms with E-state index in [1.165, 1.54) is 50.5 Å². The van der Waals surface area contributed by atoms with E-state index >= 15 is 0 Å². The number of nitrogens with zero attached hydrogens (tertiary/aromatic N) is 1. The zero-order valence-corrected chi connectivity index (χ0v) is 15.6. The number of aryl methyl sites for hydroxylation is 1. The molecular weight excluding hydrogens is 367 g/mol. The van der Waals surface area contributed by atoms with Gasteiger partial charge in [0, 0.05) is 7.05 Å². The van der Waals surface area contributed by atoms with E-state index in [9.17, 15) is 20.7 Å². The highest BCUT2D eigenvalue weighted by molar-refractivity contribution is 7.92. The first-order chi connectivity index (χ1) is 11.6. The van der Waals surface area contributed by atoms with Crippen molar-refractivity contribution in [2.45, 2.75) is 17.2 Å². The fourth-order valence-electron chi connectivity index (χ4n) is 2.34. The van der Waals surface area contributed by atoms with Gasteiger partial charge in [-0.1, -0.05) is 29.8 Å². The Balaban J connectivity index is 2.34. The quantitative estimate of drug-likeness (QED) is 0.771. The monoisotopic (exact) mass is 386 g/mol. The maximum absolute atomic E-state index is 13.2. The van der Waals surface area contributed by atoms with E-state index in [4.69, 9.17) is 0 Å². The fraction of sp³-hybridized carbons (Fsp3) is 0.250. The van der Waals surface area contributed by atoms with Crippen LogP contribution in [0.1, 0.15) is 16.5 Å². The number of nitrogens with one attached hydrogen (secondary N) is 1. The topological polar surface area (TPSA) is 83.6 Å². The molecule has 0 aromatic heterocycles. The molecule has 2 rings (SSSR count). The summed E-state index contributed by atoms with van der Waals surface area (Å²) in [6.07, 6.45) is 0. The highest BCUT2D eigenvalue weighted by Gasteiger charge is 2.26. The van der Waals surface area contributed by atoms with Crippen molar-refractivity contribution in [2.24, 2.45) is 0 Å². The largest absolute Gasteiger partial charge is 0.322 e. The second kappa shape index (κ2) is 7.11. The molecule has 0 spiro atoms. The van der Waals surface area contributed by atoms with Gasteiger partial charge in [-0.15, -0.1) is 3.89 Å². The molecule has 0 saturated carbocycles. The van der Waals surface area contributed by atoms with Crippen molar-refractivity contribution in [3.63, 3.8) is 0 Å². The van der Waals surface area contributed by atoms with Crippen LogP contribution in [-0.4, -0.2) is 30.9 Å². The van der Waals surface area contributed by atoms with Crippen molar-refractivity contribution in [3.05, 3.63) is 59.7 Å². The molecule has 0 aliphatic heterocycles. The molecule has 136 valence electrons. The van der Waals surface area contributed by atoms with Gasteiger partial charge in [-0.2, -0.15) is 8.42 Å². The van der Waals surface area contributed by atoms with Gasteiger partial charge in [-0.25, -0.2) is 8.42 Å². The van der Waals surface area contributed by atoms with Gasteiger partial charge >= 0.3 is 10.2 Å². The number of benzene rings is 2. The minimum atomic E-state index is -4.82. The summed E-state index contributed by atoms with van der Waals surface area (Å²) in [6.45, 7) is 1.86. The second-order valence-corrected chi connectivity index (χ2v) is 8.91. The van der Waals surface area contributed by atoms with Crippen molar-refractivity contribution >= 4 is 25.9 Å². The van der Waals surface area contributed by atoms with E-state index in [0.717, 1.165) is 9.87 Å². The summed E-state index contributed by atoms with van der Waals surface area (Å²) < 4.78 is 61.8. The third-order valence-electron chi connectivity index (χ3n) is 3.78. The van der Waals surface area contributed by atoms with Crippen LogP contribution in [0.5, 0.6) is 0 Å². The van der Waals surface area contributed by atoms with Gasteiger partial charge in [-0.05, 0) is 43.8 Å². The third-order valence-corrected chi connectivity index (χ3v) is 6.65. The summed E-state index contributed by atoms with van der Waals surface area (Å²) in [7, 11) is -5.85. The molecule has 1 atom stereocenters. The number of hydrogen-bond donors (Lipinski definition) is 1. The minimum absolute atomic E-state index is 0.143. The molecule has 0 bridgehead atoms. The van der Waals surface area contributed by atoms with Gasteiger partial charge in [0.1, 0.15) is 0 Å². The lowest BCUT2D eigenvalue weighted by molar-refractivity contribution is 0.524. The smallest absolute Gasteiger partial charge is 0.298 e. The Hall–Kier alpha value is -1.97. The van der Waals surface area contributed by atoms with Gasteiger partial charge in [-0.3, -0.25) is 9.62 Å². The molecule has 0 radical (unpaired) electrons. The maximum atomic E-state index is 13.2. The average molecular weight is 386 g/mol. The van der Waals surface area contributed by atoms with Gasteiger partial charge < -0.3 is 0 Å². The van der Waals surface area contributed by atoms with E-state index in [-0.39, 0.29) is 10.5 Å². The lowest BCUT2D eigenvalue weighted by Gasteiger charge is -2.20. The Morgan fingerprint density at radius 3 is 1.92 bits per heavy atom. The van der Waals surface area contributed by atoms with Gasteiger partial charge in [0.15, 0.2) is 5.37 Å². The summed E-state index contributed by atoms with van der Waals surface area (Å²) in [4.78, 5) is 0.143. The zero-order valence-electron chi connectivity index (χ0n) is 14.0. The van der Waals surface area contributed by atoms with Crippen molar-refractivity contribution in [1.82, 2.24) is 5.32 Å². The van der Waals surface area contributed by atoms with Crippen LogP contribution in [0.25, 0.3) is 0 Å². The molecule has 2 aromatic rings. The van der Waals surface area contributed by atoms with E-state index in [2.05, 4.69) is 5.32 Å². The number of halogens is 1. The molecule has 9 heteroatoms. The molecular formula is C16H19FN2O4S2. The van der Waals surface area contributed by atoms with E-state index in [0.29, 0.717) is 5.69 Å². The molecule has 2 aromatic carbocycles. The van der Waals surface area contributed by atoms with Crippen molar-refractivity contribution < 1.29 is 20.7 Å². The highest BCUT2D eigenvalue weighted by atomic mass is 32.3. The van der Waals surface area contributed by atoms with Crippen LogP contribution >= 0.6 is 0 Å². The van der Waals surface area contributed by atoms with E-state index in [1.807, 2.05) is 6.92 Å². The van der Waals surface area contributed by atoms with Gasteiger partial charge in [0.25, 0.3) is 10.0 Å². The molecule has 0 aliphatic rings. The maximum Gasteiger partial charge on any atom is 0.322 e. The number of rotatable bonds is 6. The Bertz CT molecular complexity index is 941. The Labute approximate surface area is 147 Å². The van der Waals surface area contributed by atoms with Crippen LogP contribution in [0.2, 0.25) is 0 Å². The second-order valence-electron chi connectivity index (χ2n) is 5.52. The summed E-state index contributed by atoms with van der Waals surface area (Å²) in [5, 5.41) is 0.874. The minimum Gasteiger partial charge on any atom is -0.298 e. The Morgan fingerprint density at radius 2 is 1.48 bits per heavy atom. The van der Waals surface area contributed by atoms with Crippen LogP contribution in [-0.2, 0) is 20.2 Å². The van der Waals surface area contributed by atoms with Crippen molar-refractivity contribution in [3.8, 4) is 0 Å². The predicted molar refractivity (Wildman–Crippen MR) is 95.0 cm³/mol. The lowest BCUT2D eigenvalue weighted by Crippen LogP contribution is -2.27. The first-order valence-electron chi connectivity index (χ1n) is 7.33. The van der Waals surface area contributed by atoms with Crippen LogP contribution in [0.4, 0.5) is 9.57 Å². The Morgan fingerprint density at radius 1 is 0.960 bits per heavy atom. The van der Waals surface area contributed by atoms with Crippen molar-refractivity contribution in [2.75, 3.05) is 18.4 Å². The summed E-state index contributed by atoms with van der Waals surface area (Å²) in [6, 6.07) is 12.0. The standard InChI is InChI=1S/C16H19FN2O4S2/c1-12-4-10-15(11-5-12)25(22,23)19(3)14-8-6-13(7-9-14)16(18-2)24(17,20)21/h4-11,16,18H,1-3H3. The molecule has 0 saturated heterocycles. The van der Waals surface area contributed by atoms with Gasteiger partial charge in [0.05, 0.1) is 10.6 Å². The molecule has 0 fully saturated rings. The molecule has 1 N–H and O–H groups in total. The first kappa shape index (κ1) is 19.4. The molecule has 6 nitrogen and oxygen atoms in total. The summed E-state index contributed by atoms with van der Waals surface area (Å²) in [5.74, 6) is 0. The average Bonchev–Trinajstić information content (AvgIpc) is 2.54. The van der Waals surface area contributed by atoms with Crippen LogP contribution in [0.15, 0.2) is 53.4 Å². The van der Waals surface area contributed by atoms with Crippen LogP contribution in [0.3, 0.4) is 0 Å². The molecule has 0 heterocycles. The zero-order chi connectivity index (χ0) is 18.8. The Kier molecular flexibility index (Phi) is 5.50. The SMILES string of the molecule is CNC(c1ccc(N(C)S(=O)(=O)c2ccc(C)cc2)cc1)S(=O)(=O)F. The highest BCUT2D eigenvalue weighted by Crippen LogP contribution is 2.26. The van der Waals surface area contributed by atoms with Gasteiger partial charge in [0.2, 0.25) is 0 Å². The first-order valence-corrected chi connectivity index (χ1v) is 10.2. The number of anilines is 1. The summed E-state index contributed by atoms with van der Waals surface area (Å²) in [5.41, 5.74) is 1.45. The number of sulfonamides is 1. The van der Waals surface area contributed by atoms with Crippen LogP contribution < -0.4 is 9.62 Å². The van der Waals surface area contributed by atoms with Crippen LogP contribution in [0, 0.1) is 6.92 Å². The van der Waals surface area contributed by atoms with Crippen molar-refractivity contribution in [1.29, 1.82) is 0 Å². The third kappa shape index (κ3) is 4.17. The molecule has 0 aliphatic carbocycles. The summed E-state index contributed by atoms with van der Waals surface area (Å²) >= 11 is 0. The van der Waals surface area contributed by atoms with E-state index < -0.39 is 25.6 Å². The number of hydrogen-bond acceptors (Lipinski definition) is 5. The predicted octanol–water partition coefficient (Wildman–Crippen LogP) is 2.34. The molecule has 25 heavy (non-hydrogen) atoms. The van der Waals surface area contributed by atoms with E-state index in [1.54, 1.807) is 12.1 Å². The fourth-order valence-corrected chi connectivity index (χ4v) is 4.30. The lowest BCUT2D eigenvalue weighted by atomic mass is 10.2. The molecule has 0 amide bonds. The molecule has 1 unspecified atom stereocenters. The normalized spacial score (nSPS) is 13.4.